The summed E-state index contributed by atoms with van der Waals surface area (Å²) in [5, 5.41) is 1.56. The van der Waals surface area contributed by atoms with Crippen molar-refractivity contribution in [3.8, 4) is 10.4 Å². The summed E-state index contributed by atoms with van der Waals surface area (Å²) >= 11 is 7.48. The van der Waals surface area contributed by atoms with Crippen molar-refractivity contribution in [2.45, 2.75) is 25.8 Å². The van der Waals surface area contributed by atoms with E-state index in [1.165, 1.54) is 11.3 Å². The van der Waals surface area contributed by atoms with E-state index in [1.807, 2.05) is 36.1 Å². The van der Waals surface area contributed by atoms with Gasteiger partial charge in [-0.2, -0.15) is 0 Å². The van der Waals surface area contributed by atoms with Gasteiger partial charge in [-0.15, -0.1) is 11.3 Å². The lowest BCUT2D eigenvalue weighted by Gasteiger charge is -2.30. The first kappa shape index (κ1) is 15.5. The first-order valence-electron chi connectivity index (χ1n) is 7.33. The minimum atomic E-state index is -0.0237. The van der Waals surface area contributed by atoms with Crippen molar-refractivity contribution < 1.29 is 4.79 Å². The van der Waals surface area contributed by atoms with Crippen LogP contribution in [0, 0.1) is 6.92 Å². The molecule has 0 spiro atoms. The Labute approximate surface area is 138 Å². The number of likely N-dealkylation sites (tertiary alicyclic amines) is 1. The van der Waals surface area contributed by atoms with Gasteiger partial charge in [0.1, 0.15) is 5.69 Å². The third-order valence-electron chi connectivity index (χ3n) is 3.79. The van der Waals surface area contributed by atoms with E-state index in [-0.39, 0.29) is 11.9 Å². The fraction of sp³-hybridized carbons (Fsp3) is 0.375. The quantitative estimate of drug-likeness (QED) is 0.915. The largest absolute Gasteiger partial charge is 0.336 e. The molecule has 1 aromatic carbocycles. The summed E-state index contributed by atoms with van der Waals surface area (Å²) < 4.78 is 0. The number of carbonyl (C=O) groups is 1. The number of amides is 1. The smallest absolute Gasteiger partial charge is 0.274 e. The van der Waals surface area contributed by atoms with Gasteiger partial charge in [0.2, 0.25) is 0 Å². The molecule has 1 aliphatic heterocycles. The molecule has 3 rings (SSSR count). The van der Waals surface area contributed by atoms with Crippen molar-refractivity contribution >= 4 is 28.8 Å². The van der Waals surface area contributed by atoms with E-state index >= 15 is 0 Å². The molecule has 4 nitrogen and oxygen atoms in total. The van der Waals surface area contributed by atoms with Gasteiger partial charge in [0.15, 0.2) is 0 Å². The van der Waals surface area contributed by atoms with Gasteiger partial charge in [-0.25, -0.2) is 4.98 Å². The second kappa shape index (κ2) is 6.36. The van der Waals surface area contributed by atoms with E-state index < -0.39 is 0 Å². The predicted molar refractivity (Wildman–Crippen MR) is 90.4 cm³/mol. The molecule has 1 unspecified atom stereocenters. The Bertz CT molecular complexity index is 683. The van der Waals surface area contributed by atoms with Crippen molar-refractivity contribution in [3.05, 3.63) is 40.0 Å². The minimum absolute atomic E-state index is 0.0237. The van der Waals surface area contributed by atoms with Crippen LogP contribution in [0.1, 0.15) is 28.3 Å². The molecule has 2 heterocycles. The average molecular weight is 336 g/mol. The molecule has 6 heteroatoms. The molecule has 0 radical (unpaired) electrons. The Hall–Kier alpha value is -1.43. The minimum Gasteiger partial charge on any atom is -0.336 e. The summed E-state index contributed by atoms with van der Waals surface area (Å²) in [5.74, 6) is -0.0237. The van der Waals surface area contributed by atoms with Crippen LogP contribution in [0.25, 0.3) is 10.4 Å². The van der Waals surface area contributed by atoms with Crippen LogP contribution in [0.5, 0.6) is 0 Å². The van der Waals surface area contributed by atoms with E-state index in [4.69, 9.17) is 17.3 Å². The highest BCUT2D eigenvalue weighted by Gasteiger charge is 2.27. The van der Waals surface area contributed by atoms with Gasteiger partial charge in [0, 0.05) is 24.2 Å². The number of halogens is 1. The molecule has 22 heavy (non-hydrogen) atoms. The van der Waals surface area contributed by atoms with E-state index in [0.29, 0.717) is 17.3 Å². The van der Waals surface area contributed by atoms with Crippen molar-refractivity contribution in [2.75, 3.05) is 13.1 Å². The zero-order valence-corrected chi connectivity index (χ0v) is 14.0. The molecule has 116 valence electrons. The number of nitrogens with two attached hydrogens (primary N) is 1. The number of thiazole rings is 1. The fourth-order valence-electron chi connectivity index (χ4n) is 2.71. The van der Waals surface area contributed by atoms with Gasteiger partial charge in [-0.1, -0.05) is 23.7 Å². The summed E-state index contributed by atoms with van der Waals surface area (Å²) in [4.78, 5) is 20.0. The number of aryl methyl sites for hydroxylation is 1. The second-order valence-electron chi connectivity index (χ2n) is 5.57. The number of nitrogens with zero attached hydrogens (tertiary/aromatic N) is 2. The van der Waals surface area contributed by atoms with Crippen LogP contribution >= 0.6 is 22.9 Å². The van der Waals surface area contributed by atoms with Crippen LogP contribution in [0.2, 0.25) is 5.02 Å². The summed E-state index contributed by atoms with van der Waals surface area (Å²) in [5.41, 5.74) is 7.48. The molecule has 0 bridgehead atoms. The third-order valence-corrected chi connectivity index (χ3v) is 5.06. The molecule has 0 aliphatic carbocycles. The Balaban J connectivity index is 1.93. The van der Waals surface area contributed by atoms with Gasteiger partial charge >= 0.3 is 0 Å². The van der Waals surface area contributed by atoms with E-state index in [9.17, 15) is 4.79 Å². The van der Waals surface area contributed by atoms with E-state index in [2.05, 4.69) is 4.98 Å². The molecule has 1 atom stereocenters. The molecule has 1 aromatic heterocycles. The Morgan fingerprint density at radius 3 is 2.82 bits per heavy atom. The summed E-state index contributed by atoms with van der Waals surface area (Å²) in [6, 6.07) is 7.58. The molecule has 1 aliphatic rings. The van der Waals surface area contributed by atoms with Crippen LogP contribution in [-0.4, -0.2) is 34.9 Å². The Morgan fingerprint density at radius 2 is 2.14 bits per heavy atom. The van der Waals surface area contributed by atoms with Gasteiger partial charge in [-0.3, -0.25) is 4.79 Å². The molecule has 0 saturated carbocycles. The highest BCUT2D eigenvalue weighted by molar-refractivity contribution is 7.15. The van der Waals surface area contributed by atoms with Crippen LogP contribution in [0.3, 0.4) is 0 Å². The number of hydrogen-bond acceptors (Lipinski definition) is 4. The third kappa shape index (κ3) is 3.16. The van der Waals surface area contributed by atoms with Crippen LogP contribution in [-0.2, 0) is 0 Å². The molecule has 2 aromatic rings. The second-order valence-corrected chi connectivity index (χ2v) is 7.21. The maximum atomic E-state index is 12.8. The van der Waals surface area contributed by atoms with Crippen LogP contribution in [0.4, 0.5) is 0 Å². The zero-order valence-electron chi connectivity index (χ0n) is 12.4. The first-order chi connectivity index (χ1) is 10.5. The number of rotatable bonds is 2. The highest BCUT2D eigenvalue weighted by atomic mass is 35.5. The van der Waals surface area contributed by atoms with Gasteiger partial charge in [0.05, 0.1) is 9.88 Å². The van der Waals surface area contributed by atoms with Crippen molar-refractivity contribution in [1.82, 2.24) is 9.88 Å². The normalized spacial score (nSPS) is 18.5. The molecule has 2 N–H and O–H groups in total. The summed E-state index contributed by atoms with van der Waals surface area (Å²) in [6.07, 6.45) is 1.93. The van der Waals surface area contributed by atoms with Gasteiger partial charge in [0.25, 0.3) is 5.91 Å². The topological polar surface area (TPSA) is 59.2 Å². The predicted octanol–water partition coefficient (Wildman–Crippen LogP) is 3.34. The van der Waals surface area contributed by atoms with Crippen molar-refractivity contribution in [1.29, 1.82) is 0 Å². The van der Waals surface area contributed by atoms with Crippen molar-refractivity contribution in [3.63, 3.8) is 0 Å². The number of benzene rings is 1. The lowest BCUT2D eigenvalue weighted by Crippen LogP contribution is -2.45. The summed E-state index contributed by atoms with van der Waals surface area (Å²) in [7, 11) is 0. The van der Waals surface area contributed by atoms with Crippen LogP contribution < -0.4 is 5.73 Å². The maximum Gasteiger partial charge on any atom is 0.274 e. The molecule has 1 fully saturated rings. The Kier molecular flexibility index (Phi) is 4.47. The van der Waals surface area contributed by atoms with Gasteiger partial charge in [-0.05, 0) is 37.5 Å². The summed E-state index contributed by atoms with van der Waals surface area (Å²) in [6.45, 7) is 3.28. The lowest BCUT2D eigenvalue weighted by molar-refractivity contribution is 0.0704. The SMILES string of the molecule is Cc1nc(C(=O)N2CCCC(N)C2)c(-c2ccc(Cl)cc2)s1. The number of piperidine rings is 1. The zero-order chi connectivity index (χ0) is 15.7. The fourth-order valence-corrected chi connectivity index (χ4v) is 3.76. The van der Waals surface area contributed by atoms with E-state index in [1.54, 1.807) is 0 Å². The Morgan fingerprint density at radius 1 is 1.41 bits per heavy atom. The van der Waals surface area contributed by atoms with Crippen molar-refractivity contribution in [2.24, 2.45) is 5.73 Å². The molecule has 1 saturated heterocycles. The number of carbonyl (C=O) groups excluding carboxylic acids is 1. The maximum absolute atomic E-state index is 12.8. The first-order valence-corrected chi connectivity index (χ1v) is 8.52. The van der Waals surface area contributed by atoms with Crippen LogP contribution in [0.15, 0.2) is 24.3 Å². The molecular formula is C16H18ClN3OS. The number of aromatic nitrogens is 1. The van der Waals surface area contributed by atoms with E-state index in [0.717, 1.165) is 34.8 Å². The monoisotopic (exact) mass is 335 g/mol. The van der Waals surface area contributed by atoms with Gasteiger partial charge < -0.3 is 10.6 Å². The standard InChI is InChI=1S/C16H18ClN3OS/c1-10-19-14(16(21)20-8-2-3-13(18)9-20)15(22-10)11-4-6-12(17)7-5-11/h4-7,13H,2-3,8-9,18H2,1H3. The molecule has 1 amide bonds. The highest BCUT2D eigenvalue weighted by Crippen LogP contribution is 2.32. The lowest BCUT2D eigenvalue weighted by atomic mass is 10.1. The molecular weight excluding hydrogens is 318 g/mol. The average Bonchev–Trinajstić information content (AvgIpc) is 2.89. The number of hydrogen-bond donors (Lipinski definition) is 1.